The number of rotatable bonds is 6. The van der Waals surface area contributed by atoms with E-state index in [2.05, 4.69) is 5.32 Å². The van der Waals surface area contributed by atoms with Crippen LogP contribution in [0.5, 0.6) is 5.75 Å². The van der Waals surface area contributed by atoms with Gasteiger partial charge in [-0.05, 0) is 38.5 Å². The molecule has 0 aliphatic carbocycles. The first kappa shape index (κ1) is 16.1. The van der Waals surface area contributed by atoms with Gasteiger partial charge in [-0.1, -0.05) is 23.2 Å². The minimum Gasteiger partial charge on any atom is -0.479 e. The number of benzene rings is 1. The molecule has 2 atom stereocenters. The van der Waals surface area contributed by atoms with Crippen LogP contribution in [0.4, 0.5) is 0 Å². The molecule has 6 heteroatoms. The van der Waals surface area contributed by atoms with Gasteiger partial charge in [0.25, 0.3) is 5.91 Å². The second-order valence-electron chi connectivity index (χ2n) is 4.26. The van der Waals surface area contributed by atoms with Gasteiger partial charge in [0.1, 0.15) is 5.75 Å². The third-order valence-electron chi connectivity index (χ3n) is 2.52. The molecule has 4 nitrogen and oxygen atoms in total. The van der Waals surface area contributed by atoms with Gasteiger partial charge in [0.2, 0.25) is 0 Å². The van der Waals surface area contributed by atoms with E-state index in [-0.39, 0.29) is 18.6 Å². The summed E-state index contributed by atoms with van der Waals surface area (Å²) in [6.07, 6.45) is -0.181. The summed E-state index contributed by atoms with van der Waals surface area (Å²) in [5.41, 5.74) is 0. The molecule has 0 fully saturated rings. The van der Waals surface area contributed by atoms with Crippen molar-refractivity contribution in [2.45, 2.75) is 32.4 Å². The van der Waals surface area contributed by atoms with E-state index in [0.717, 1.165) is 0 Å². The van der Waals surface area contributed by atoms with Crippen LogP contribution >= 0.6 is 23.2 Å². The molecule has 0 spiro atoms. The first-order chi connectivity index (χ1) is 8.93. The molecule has 1 aromatic rings. The molecule has 19 heavy (non-hydrogen) atoms. The minimum absolute atomic E-state index is 0.0275. The van der Waals surface area contributed by atoms with Crippen molar-refractivity contribution < 1.29 is 14.6 Å². The highest BCUT2D eigenvalue weighted by molar-refractivity contribution is 6.35. The molecule has 2 N–H and O–H groups in total. The van der Waals surface area contributed by atoms with Crippen LogP contribution in [0.25, 0.3) is 0 Å². The molecule has 2 unspecified atom stereocenters. The maximum Gasteiger partial charge on any atom is 0.260 e. The van der Waals surface area contributed by atoms with Crippen molar-refractivity contribution in [2.24, 2.45) is 0 Å². The van der Waals surface area contributed by atoms with Gasteiger partial charge in [-0.15, -0.1) is 0 Å². The van der Waals surface area contributed by atoms with Crippen LogP contribution in [0, 0.1) is 0 Å². The Bertz CT molecular complexity index is 440. The Labute approximate surface area is 122 Å². The Kier molecular flexibility index (Phi) is 6.42. The number of aliphatic hydroxyl groups is 1. The van der Waals surface area contributed by atoms with Crippen molar-refractivity contribution in [3.8, 4) is 5.75 Å². The topological polar surface area (TPSA) is 58.6 Å². The summed E-state index contributed by atoms with van der Waals surface area (Å²) in [5.74, 6) is 0.149. The molecule has 0 bridgehead atoms. The van der Waals surface area contributed by atoms with E-state index in [1.165, 1.54) is 0 Å². The number of halogens is 2. The van der Waals surface area contributed by atoms with Gasteiger partial charge < -0.3 is 15.2 Å². The van der Waals surface area contributed by atoms with Crippen molar-refractivity contribution in [2.75, 3.05) is 6.61 Å². The van der Waals surface area contributed by atoms with E-state index in [1.807, 2.05) is 6.92 Å². The molecule has 0 heterocycles. The molecule has 0 aliphatic heterocycles. The zero-order chi connectivity index (χ0) is 14.4. The largest absolute Gasteiger partial charge is 0.479 e. The fourth-order valence-electron chi connectivity index (χ4n) is 1.44. The van der Waals surface area contributed by atoms with Gasteiger partial charge in [-0.3, -0.25) is 4.79 Å². The van der Waals surface area contributed by atoms with Crippen molar-refractivity contribution in [1.82, 2.24) is 5.32 Å². The van der Waals surface area contributed by atoms with Crippen LogP contribution in [0.2, 0.25) is 10.0 Å². The maximum atomic E-state index is 11.8. The van der Waals surface area contributed by atoms with E-state index in [9.17, 15) is 4.79 Å². The summed E-state index contributed by atoms with van der Waals surface area (Å²) in [7, 11) is 0. The lowest BCUT2D eigenvalue weighted by atomic mass is 10.2. The van der Waals surface area contributed by atoms with E-state index in [0.29, 0.717) is 22.2 Å². The molecule has 1 rings (SSSR count). The Balaban J connectivity index is 2.58. The summed E-state index contributed by atoms with van der Waals surface area (Å²) in [6, 6.07) is 4.70. The molecule has 0 aliphatic rings. The van der Waals surface area contributed by atoms with Gasteiger partial charge in [-0.2, -0.15) is 0 Å². The zero-order valence-corrected chi connectivity index (χ0v) is 12.3. The van der Waals surface area contributed by atoms with Gasteiger partial charge in [0, 0.05) is 17.7 Å². The van der Waals surface area contributed by atoms with Crippen LogP contribution in [-0.4, -0.2) is 29.8 Å². The predicted octanol–water partition coefficient (Wildman–Crippen LogP) is 2.65. The Morgan fingerprint density at radius 2 is 2.11 bits per heavy atom. The third-order valence-corrected chi connectivity index (χ3v) is 3.05. The van der Waals surface area contributed by atoms with Crippen molar-refractivity contribution in [1.29, 1.82) is 0 Å². The second kappa shape index (κ2) is 7.58. The normalized spacial score (nSPS) is 13.7. The number of aliphatic hydroxyl groups excluding tert-OH is 1. The fraction of sp³-hybridized carbons (Fsp3) is 0.462. The molecule has 1 aromatic carbocycles. The highest BCUT2D eigenvalue weighted by atomic mass is 35.5. The van der Waals surface area contributed by atoms with Gasteiger partial charge >= 0.3 is 0 Å². The first-order valence-corrected chi connectivity index (χ1v) is 6.72. The van der Waals surface area contributed by atoms with Crippen molar-refractivity contribution in [3.63, 3.8) is 0 Å². The molecule has 0 aromatic heterocycles. The zero-order valence-electron chi connectivity index (χ0n) is 10.8. The number of hydrogen-bond acceptors (Lipinski definition) is 3. The lowest BCUT2D eigenvalue weighted by molar-refractivity contribution is -0.127. The summed E-state index contributed by atoms with van der Waals surface area (Å²) < 4.78 is 5.48. The summed E-state index contributed by atoms with van der Waals surface area (Å²) >= 11 is 11.7. The highest BCUT2D eigenvalue weighted by Gasteiger charge is 2.17. The molecule has 0 saturated heterocycles. The Morgan fingerprint density at radius 1 is 1.42 bits per heavy atom. The van der Waals surface area contributed by atoms with Crippen molar-refractivity contribution >= 4 is 29.1 Å². The van der Waals surface area contributed by atoms with Crippen LogP contribution in [0.3, 0.4) is 0 Å². The smallest absolute Gasteiger partial charge is 0.260 e. The van der Waals surface area contributed by atoms with Gasteiger partial charge in [0.05, 0.1) is 5.02 Å². The Morgan fingerprint density at radius 3 is 2.68 bits per heavy atom. The molecule has 106 valence electrons. The average Bonchev–Trinajstić information content (AvgIpc) is 2.32. The van der Waals surface area contributed by atoms with Gasteiger partial charge in [-0.25, -0.2) is 0 Å². The Hall–Kier alpha value is -0.970. The SMILES string of the molecule is CC(CCO)NC(=O)C(C)Oc1ccc(Cl)cc1Cl. The van der Waals surface area contributed by atoms with Crippen LogP contribution < -0.4 is 10.1 Å². The van der Waals surface area contributed by atoms with E-state index < -0.39 is 6.10 Å². The summed E-state index contributed by atoms with van der Waals surface area (Å²) in [4.78, 5) is 11.8. The molecule has 0 radical (unpaired) electrons. The number of carbonyl (C=O) groups is 1. The van der Waals surface area contributed by atoms with Crippen LogP contribution in [0.1, 0.15) is 20.3 Å². The van der Waals surface area contributed by atoms with Crippen LogP contribution in [-0.2, 0) is 4.79 Å². The van der Waals surface area contributed by atoms with E-state index in [1.54, 1.807) is 25.1 Å². The number of nitrogens with one attached hydrogen (secondary N) is 1. The fourth-order valence-corrected chi connectivity index (χ4v) is 1.89. The molecule has 1 amide bonds. The number of carbonyl (C=O) groups excluding carboxylic acids is 1. The molecular weight excluding hydrogens is 289 g/mol. The number of amides is 1. The molecular formula is C13H17Cl2NO3. The second-order valence-corrected chi connectivity index (χ2v) is 5.10. The lowest BCUT2D eigenvalue weighted by Crippen LogP contribution is -2.41. The minimum atomic E-state index is -0.681. The lowest BCUT2D eigenvalue weighted by Gasteiger charge is -2.18. The van der Waals surface area contributed by atoms with Gasteiger partial charge in [0.15, 0.2) is 6.10 Å². The van der Waals surface area contributed by atoms with E-state index in [4.69, 9.17) is 33.0 Å². The third kappa shape index (κ3) is 5.27. The molecule has 0 saturated carbocycles. The predicted molar refractivity (Wildman–Crippen MR) is 75.9 cm³/mol. The average molecular weight is 306 g/mol. The summed E-state index contributed by atoms with van der Waals surface area (Å²) in [5, 5.41) is 12.4. The number of ether oxygens (including phenoxy) is 1. The first-order valence-electron chi connectivity index (χ1n) is 5.97. The quantitative estimate of drug-likeness (QED) is 0.849. The monoisotopic (exact) mass is 305 g/mol. The summed E-state index contributed by atoms with van der Waals surface area (Å²) in [6.45, 7) is 3.47. The highest BCUT2D eigenvalue weighted by Crippen LogP contribution is 2.28. The van der Waals surface area contributed by atoms with Crippen LogP contribution in [0.15, 0.2) is 18.2 Å². The van der Waals surface area contributed by atoms with E-state index >= 15 is 0 Å². The number of hydrogen-bond donors (Lipinski definition) is 2. The standard InChI is InChI=1S/C13H17Cl2NO3/c1-8(5-6-17)16-13(18)9(2)19-12-4-3-10(14)7-11(12)15/h3-4,7-9,17H,5-6H2,1-2H3,(H,16,18). The maximum absolute atomic E-state index is 11.8. The van der Waals surface area contributed by atoms with Crippen molar-refractivity contribution in [3.05, 3.63) is 28.2 Å².